The second kappa shape index (κ2) is 5.28. The topological polar surface area (TPSA) is 24.5 Å². The minimum Gasteiger partial charge on any atom is -0.378 e. The van der Waals surface area contributed by atoms with Gasteiger partial charge in [0.1, 0.15) is 0 Å². The van der Waals surface area contributed by atoms with Gasteiger partial charge in [0, 0.05) is 18.7 Å². The van der Waals surface area contributed by atoms with Crippen molar-refractivity contribution in [1.29, 1.82) is 0 Å². The zero-order chi connectivity index (χ0) is 10.7. The lowest BCUT2D eigenvalue weighted by Gasteiger charge is -2.40. The van der Waals surface area contributed by atoms with Crippen molar-refractivity contribution in [3.63, 3.8) is 0 Å². The largest absolute Gasteiger partial charge is 0.378 e. The highest BCUT2D eigenvalue weighted by Crippen LogP contribution is 2.22. The molecule has 0 aromatic heterocycles. The molecule has 2 heterocycles. The van der Waals surface area contributed by atoms with Crippen LogP contribution in [-0.2, 0) is 4.74 Å². The zero-order valence-corrected chi connectivity index (χ0v) is 10.0. The summed E-state index contributed by atoms with van der Waals surface area (Å²) >= 11 is 0. The van der Waals surface area contributed by atoms with Crippen LogP contribution >= 0.6 is 0 Å². The first kappa shape index (κ1) is 11.4. The second-order valence-electron chi connectivity index (χ2n) is 4.96. The zero-order valence-electron chi connectivity index (χ0n) is 10.0. The van der Waals surface area contributed by atoms with Crippen LogP contribution in [0.25, 0.3) is 0 Å². The fourth-order valence-electron chi connectivity index (χ4n) is 2.86. The molecule has 0 saturated carbocycles. The van der Waals surface area contributed by atoms with E-state index in [-0.39, 0.29) is 0 Å². The van der Waals surface area contributed by atoms with Crippen molar-refractivity contribution in [2.24, 2.45) is 0 Å². The van der Waals surface area contributed by atoms with E-state index in [1.165, 1.54) is 38.8 Å². The van der Waals surface area contributed by atoms with E-state index in [1.807, 2.05) is 0 Å². The number of likely N-dealkylation sites (tertiary alicyclic amines) is 1. The summed E-state index contributed by atoms with van der Waals surface area (Å²) in [5.74, 6) is 0. The third-order valence-electron chi connectivity index (χ3n) is 3.91. The number of hydrogen-bond acceptors (Lipinski definition) is 3. The molecule has 0 aromatic carbocycles. The van der Waals surface area contributed by atoms with E-state index in [0.29, 0.717) is 6.10 Å². The number of nitrogens with one attached hydrogen (secondary N) is 1. The van der Waals surface area contributed by atoms with Crippen LogP contribution in [0, 0.1) is 0 Å². The van der Waals surface area contributed by atoms with Gasteiger partial charge in [0.2, 0.25) is 0 Å². The van der Waals surface area contributed by atoms with E-state index in [2.05, 4.69) is 24.2 Å². The molecule has 2 atom stereocenters. The Morgan fingerprint density at radius 3 is 2.53 bits per heavy atom. The van der Waals surface area contributed by atoms with Gasteiger partial charge in [0.15, 0.2) is 0 Å². The Balaban J connectivity index is 1.79. The molecule has 0 bridgehead atoms. The molecule has 2 fully saturated rings. The highest BCUT2D eigenvalue weighted by molar-refractivity contribution is 4.83. The van der Waals surface area contributed by atoms with Gasteiger partial charge >= 0.3 is 0 Å². The first-order chi connectivity index (χ1) is 7.29. The Kier molecular flexibility index (Phi) is 4.00. The fraction of sp³-hybridized carbons (Fsp3) is 1.00. The molecule has 2 unspecified atom stereocenters. The van der Waals surface area contributed by atoms with Gasteiger partial charge < -0.3 is 15.0 Å². The molecule has 88 valence electrons. The van der Waals surface area contributed by atoms with Crippen LogP contribution in [0.4, 0.5) is 0 Å². The monoisotopic (exact) mass is 212 g/mol. The summed E-state index contributed by atoms with van der Waals surface area (Å²) in [6.07, 6.45) is 5.54. The van der Waals surface area contributed by atoms with Gasteiger partial charge in [-0.3, -0.25) is 0 Å². The number of hydrogen-bond donors (Lipinski definition) is 1. The summed E-state index contributed by atoms with van der Waals surface area (Å²) in [6, 6.07) is 1.53. The maximum Gasteiger partial charge on any atom is 0.0561 e. The van der Waals surface area contributed by atoms with Crippen LogP contribution in [-0.4, -0.2) is 49.8 Å². The number of nitrogens with zero attached hydrogens (tertiary/aromatic N) is 1. The molecule has 0 aliphatic carbocycles. The van der Waals surface area contributed by atoms with Gasteiger partial charge in [-0.2, -0.15) is 0 Å². The normalized spacial score (nSPS) is 35.6. The number of ether oxygens (including phenoxy) is 1. The van der Waals surface area contributed by atoms with Gasteiger partial charge in [-0.25, -0.2) is 0 Å². The molecule has 3 nitrogen and oxygen atoms in total. The molecule has 2 saturated heterocycles. The van der Waals surface area contributed by atoms with Crippen LogP contribution in [0.3, 0.4) is 0 Å². The van der Waals surface area contributed by atoms with Gasteiger partial charge in [0.25, 0.3) is 0 Å². The van der Waals surface area contributed by atoms with E-state index in [0.717, 1.165) is 18.7 Å². The molecule has 2 rings (SSSR count). The quantitative estimate of drug-likeness (QED) is 0.745. The summed E-state index contributed by atoms with van der Waals surface area (Å²) in [6.45, 7) is 5.69. The lowest BCUT2D eigenvalue weighted by atomic mass is 9.97. The van der Waals surface area contributed by atoms with Gasteiger partial charge in [-0.1, -0.05) is 0 Å². The third kappa shape index (κ3) is 2.92. The van der Waals surface area contributed by atoms with Crippen molar-refractivity contribution in [3.05, 3.63) is 0 Å². The Labute approximate surface area is 93.2 Å². The Morgan fingerprint density at radius 2 is 1.93 bits per heavy atom. The highest BCUT2D eigenvalue weighted by atomic mass is 16.5. The maximum absolute atomic E-state index is 5.60. The first-order valence-corrected chi connectivity index (χ1v) is 6.32. The maximum atomic E-state index is 5.60. The van der Waals surface area contributed by atoms with Crippen LogP contribution in [0.1, 0.15) is 32.6 Å². The summed E-state index contributed by atoms with van der Waals surface area (Å²) < 4.78 is 5.60. The third-order valence-corrected chi connectivity index (χ3v) is 3.91. The average molecular weight is 212 g/mol. The van der Waals surface area contributed by atoms with Crippen molar-refractivity contribution in [3.8, 4) is 0 Å². The molecule has 15 heavy (non-hydrogen) atoms. The van der Waals surface area contributed by atoms with Crippen molar-refractivity contribution in [2.75, 3.05) is 26.7 Å². The van der Waals surface area contributed by atoms with E-state index >= 15 is 0 Å². The van der Waals surface area contributed by atoms with Crippen molar-refractivity contribution >= 4 is 0 Å². The predicted molar refractivity (Wildman–Crippen MR) is 62.1 cm³/mol. The molecule has 1 N–H and O–H groups in total. The standard InChI is InChI=1S/C12H24N2O/c1-10-9-12(5-8-15-10)14-6-3-11(13-2)4-7-14/h10-13H,3-9H2,1-2H3. The molecule has 0 amide bonds. The average Bonchev–Trinajstić information content (AvgIpc) is 2.29. The van der Waals surface area contributed by atoms with E-state index in [9.17, 15) is 0 Å². The summed E-state index contributed by atoms with van der Waals surface area (Å²) in [7, 11) is 2.08. The summed E-state index contributed by atoms with van der Waals surface area (Å²) in [5.41, 5.74) is 0. The molecule has 3 heteroatoms. The van der Waals surface area contributed by atoms with Crippen molar-refractivity contribution in [2.45, 2.75) is 50.8 Å². The van der Waals surface area contributed by atoms with E-state index < -0.39 is 0 Å². The molecule has 0 aromatic rings. The van der Waals surface area contributed by atoms with Gasteiger partial charge in [-0.15, -0.1) is 0 Å². The Bertz CT molecular complexity index is 190. The number of rotatable bonds is 2. The summed E-state index contributed by atoms with van der Waals surface area (Å²) in [5, 5.41) is 3.38. The second-order valence-corrected chi connectivity index (χ2v) is 4.96. The van der Waals surface area contributed by atoms with Gasteiger partial charge in [0.05, 0.1) is 6.10 Å². The molecule has 2 aliphatic heterocycles. The predicted octanol–water partition coefficient (Wildman–Crippen LogP) is 1.24. The molecule has 0 radical (unpaired) electrons. The Morgan fingerprint density at radius 1 is 1.20 bits per heavy atom. The van der Waals surface area contributed by atoms with Crippen LogP contribution in [0.15, 0.2) is 0 Å². The summed E-state index contributed by atoms with van der Waals surface area (Å²) in [4.78, 5) is 2.67. The minimum absolute atomic E-state index is 0.464. The molecular formula is C12H24N2O. The van der Waals surface area contributed by atoms with Crippen LogP contribution in [0.2, 0.25) is 0 Å². The van der Waals surface area contributed by atoms with Crippen molar-refractivity contribution < 1.29 is 4.74 Å². The van der Waals surface area contributed by atoms with Crippen LogP contribution in [0.5, 0.6) is 0 Å². The van der Waals surface area contributed by atoms with Crippen LogP contribution < -0.4 is 5.32 Å². The fourth-order valence-corrected chi connectivity index (χ4v) is 2.86. The SMILES string of the molecule is CNC1CCN(C2CCOC(C)C2)CC1. The molecule has 0 spiro atoms. The van der Waals surface area contributed by atoms with Gasteiger partial charge in [-0.05, 0) is 52.7 Å². The first-order valence-electron chi connectivity index (χ1n) is 6.32. The smallest absolute Gasteiger partial charge is 0.0561 e. The van der Waals surface area contributed by atoms with E-state index in [1.54, 1.807) is 0 Å². The molecule has 2 aliphatic rings. The minimum atomic E-state index is 0.464. The Hall–Kier alpha value is -0.120. The lowest BCUT2D eigenvalue weighted by Crippen LogP contribution is -2.48. The lowest BCUT2D eigenvalue weighted by molar-refractivity contribution is -0.0229. The van der Waals surface area contributed by atoms with E-state index in [4.69, 9.17) is 4.74 Å². The van der Waals surface area contributed by atoms with Crippen molar-refractivity contribution in [1.82, 2.24) is 10.2 Å². The molecular weight excluding hydrogens is 188 g/mol. The number of piperidine rings is 1. The highest BCUT2D eigenvalue weighted by Gasteiger charge is 2.27.